The summed E-state index contributed by atoms with van der Waals surface area (Å²) >= 11 is 1.58. The van der Waals surface area contributed by atoms with Crippen LogP contribution in [0.3, 0.4) is 0 Å². The van der Waals surface area contributed by atoms with Gasteiger partial charge in [-0.05, 0) is 36.4 Å². The summed E-state index contributed by atoms with van der Waals surface area (Å²) in [5.41, 5.74) is -0.809. The van der Waals surface area contributed by atoms with E-state index in [0.717, 1.165) is 4.88 Å². The topological polar surface area (TPSA) is 55.1 Å². The van der Waals surface area contributed by atoms with E-state index in [1.54, 1.807) is 23.6 Å². The van der Waals surface area contributed by atoms with Crippen molar-refractivity contribution in [3.05, 3.63) is 53.5 Å². The summed E-state index contributed by atoms with van der Waals surface area (Å²) in [5, 5.41) is 5.99. The van der Waals surface area contributed by atoms with Crippen molar-refractivity contribution in [2.75, 3.05) is 13.1 Å². The van der Waals surface area contributed by atoms with E-state index in [1.807, 2.05) is 29.6 Å². The van der Waals surface area contributed by atoms with Crippen molar-refractivity contribution in [2.24, 2.45) is 0 Å². The number of likely N-dealkylation sites (tertiary alicyclic amines) is 1. The predicted octanol–water partition coefficient (Wildman–Crippen LogP) is 3.65. The monoisotopic (exact) mass is 344 g/mol. The van der Waals surface area contributed by atoms with Gasteiger partial charge in [0, 0.05) is 19.3 Å². The average molecular weight is 344 g/mol. The maximum atomic E-state index is 15.1. The minimum atomic E-state index is -1.34. The fourth-order valence-corrected chi connectivity index (χ4v) is 3.61. The van der Waals surface area contributed by atoms with Gasteiger partial charge >= 0.3 is 0 Å². The fourth-order valence-electron chi connectivity index (χ4n) is 2.97. The van der Waals surface area contributed by atoms with Gasteiger partial charge in [0.15, 0.2) is 5.67 Å². The van der Waals surface area contributed by atoms with Crippen LogP contribution in [0.25, 0.3) is 10.7 Å². The third kappa shape index (κ3) is 3.09. The first kappa shape index (κ1) is 15.4. The van der Waals surface area contributed by atoms with Gasteiger partial charge in [0.05, 0.1) is 17.1 Å². The molecule has 4 heterocycles. The number of nitrogens with zero attached hydrogens (tertiary/aromatic N) is 4. The second-order valence-electron chi connectivity index (χ2n) is 5.95. The predicted molar refractivity (Wildman–Crippen MR) is 89.1 cm³/mol. The Morgan fingerprint density at radius 2 is 2.08 bits per heavy atom. The summed E-state index contributed by atoms with van der Waals surface area (Å²) in [6.45, 7) is 1.84. The molecule has 124 valence electrons. The first-order valence-electron chi connectivity index (χ1n) is 7.92. The summed E-state index contributed by atoms with van der Waals surface area (Å²) in [4.78, 5) is 11.7. The van der Waals surface area contributed by atoms with E-state index < -0.39 is 5.67 Å². The fraction of sp³-hybridized carbons (Fsp3) is 0.353. The van der Waals surface area contributed by atoms with Crippen LogP contribution < -0.4 is 0 Å². The average Bonchev–Trinajstić information content (AvgIpc) is 3.29. The lowest BCUT2D eigenvalue weighted by atomic mass is 9.89. The summed E-state index contributed by atoms with van der Waals surface area (Å²) in [6, 6.07) is 9.33. The van der Waals surface area contributed by atoms with Gasteiger partial charge in [-0.15, -0.1) is 11.3 Å². The number of hydrogen-bond acceptors (Lipinski definition) is 6. The van der Waals surface area contributed by atoms with Crippen molar-refractivity contribution in [3.8, 4) is 10.7 Å². The standard InChI is InChI=1S/C17H17FN4OS/c18-17(14-5-1-2-8-19-14)6-9-22(10-7-17)12-15-20-16(21-23-15)13-4-3-11-24-13/h1-5,8,11H,6-7,9-10,12H2. The number of aromatic nitrogens is 3. The third-order valence-corrected chi connectivity index (χ3v) is 5.21. The first-order chi connectivity index (χ1) is 11.7. The molecular weight excluding hydrogens is 327 g/mol. The highest BCUT2D eigenvalue weighted by atomic mass is 32.1. The maximum Gasteiger partial charge on any atom is 0.241 e. The van der Waals surface area contributed by atoms with Crippen LogP contribution >= 0.6 is 11.3 Å². The lowest BCUT2D eigenvalue weighted by Gasteiger charge is -2.35. The Hall–Kier alpha value is -2.12. The van der Waals surface area contributed by atoms with Crippen LogP contribution in [0.2, 0.25) is 0 Å². The van der Waals surface area contributed by atoms with Crippen molar-refractivity contribution in [2.45, 2.75) is 25.1 Å². The zero-order valence-corrected chi connectivity index (χ0v) is 13.9. The maximum absolute atomic E-state index is 15.1. The van der Waals surface area contributed by atoms with Crippen molar-refractivity contribution >= 4 is 11.3 Å². The Bertz CT molecular complexity index is 782. The van der Waals surface area contributed by atoms with Crippen LogP contribution in [0.5, 0.6) is 0 Å². The van der Waals surface area contributed by atoms with Crippen LogP contribution in [-0.4, -0.2) is 33.1 Å². The van der Waals surface area contributed by atoms with E-state index in [0.29, 0.717) is 49.9 Å². The molecule has 0 saturated carbocycles. The molecule has 3 aromatic heterocycles. The molecule has 3 aromatic rings. The molecule has 1 fully saturated rings. The Kier molecular flexibility index (Phi) is 4.12. The summed E-state index contributed by atoms with van der Waals surface area (Å²) in [6.07, 6.45) is 2.50. The Morgan fingerprint density at radius 3 is 2.79 bits per heavy atom. The molecule has 0 radical (unpaired) electrons. The molecule has 24 heavy (non-hydrogen) atoms. The number of piperidine rings is 1. The van der Waals surface area contributed by atoms with E-state index in [-0.39, 0.29) is 0 Å². The molecule has 1 aliphatic rings. The zero-order chi connectivity index (χ0) is 16.4. The van der Waals surface area contributed by atoms with Gasteiger partial charge in [0.25, 0.3) is 0 Å². The van der Waals surface area contributed by atoms with Gasteiger partial charge in [-0.2, -0.15) is 4.98 Å². The van der Waals surface area contributed by atoms with E-state index in [4.69, 9.17) is 4.52 Å². The van der Waals surface area contributed by atoms with Crippen LogP contribution in [-0.2, 0) is 12.2 Å². The van der Waals surface area contributed by atoms with Crippen molar-refractivity contribution in [3.63, 3.8) is 0 Å². The van der Waals surface area contributed by atoms with E-state index in [2.05, 4.69) is 20.0 Å². The Labute approximate surface area is 143 Å². The summed E-state index contributed by atoms with van der Waals surface area (Å²) in [7, 11) is 0. The smallest absolute Gasteiger partial charge is 0.241 e. The van der Waals surface area contributed by atoms with Gasteiger partial charge in [-0.1, -0.05) is 17.3 Å². The van der Waals surface area contributed by atoms with Gasteiger partial charge < -0.3 is 4.52 Å². The molecule has 4 rings (SSSR count). The molecule has 0 amide bonds. The van der Waals surface area contributed by atoms with Crippen LogP contribution in [0.4, 0.5) is 4.39 Å². The van der Waals surface area contributed by atoms with Gasteiger partial charge in [-0.25, -0.2) is 4.39 Å². The third-order valence-electron chi connectivity index (χ3n) is 4.34. The number of pyridine rings is 1. The van der Waals surface area contributed by atoms with Gasteiger partial charge in [-0.3, -0.25) is 9.88 Å². The van der Waals surface area contributed by atoms with Crippen molar-refractivity contribution in [1.82, 2.24) is 20.0 Å². The molecule has 1 saturated heterocycles. The summed E-state index contributed by atoms with van der Waals surface area (Å²) < 4.78 is 20.4. The highest BCUT2D eigenvalue weighted by Gasteiger charge is 2.37. The zero-order valence-electron chi connectivity index (χ0n) is 13.1. The molecule has 1 aliphatic heterocycles. The first-order valence-corrected chi connectivity index (χ1v) is 8.80. The highest BCUT2D eigenvalue weighted by molar-refractivity contribution is 7.13. The van der Waals surface area contributed by atoms with E-state index in [1.165, 1.54) is 0 Å². The minimum absolute atomic E-state index is 0.427. The molecule has 0 aliphatic carbocycles. The van der Waals surface area contributed by atoms with Crippen LogP contribution in [0, 0.1) is 0 Å². The highest BCUT2D eigenvalue weighted by Crippen LogP contribution is 2.36. The minimum Gasteiger partial charge on any atom is -0.338 e. The molecule has 0 bridgehead atoms. The van der Waals surface area contributed by atoms with E-state index in [9.17, 15) is 0 Å². The molecule has 5 nitrogen and oxygen atoms in total. The number of alkyl halides is 1. The normalized spacial score (nSPS) is 17.9. The molecule has 0 atom stereocenters. The number of hydrogen-bond donors (Lipinski definition) is 0. The molecule has 0 N–H and O–H groups in total. The lowest BCUT2D eigenvalue weighted by molar-refractivity contribution is 0.0447. The molecule has 0 unspecified atom stereocenters. The van der Waals surface area contributed by atoms with E-state index >= 15 is 4.39 Å². The number of thiophene rings is 1. The molecular formula is C17H17FN4OS. The molecule has 0 spiro atoms. The van der Waals surface area contributed by atoms with Crippen LogP contribution in [0.1, 0.15) is 24.4 Å². The number of rotatable bonds is 4. The lowest BCUT2D eigenvalue weighted by Crippen LogP contribution is -2.40. The van der Waals surface area contributed by atoms with Crippen molar-refractivity contribution < 1.29 is 8.91 Å². The second kappa shape index (κ2) is 6.41. The largest absolute Gasteiger partial charge is 0.338 e. The summed E-state index contributed by atoms with van der Waals surface area (Å²) in [5.74, 6) is 1.19. The second-order valence-corrected chi connectivity index (χ2v) is 6.89. The molecule has 7 heteroatoms. The number of halogens is 1. The molecule has 0 aromatic carbocycles. The quantitative estimate of drug-likeness (QED) is 0.723. The van der Waals surface area contributed by atoms with Crippen molar-refractivity contribution in [1.29, 1.82) is 0 Å². The van der Waals surface area contributed by atoms with Gasteiger partial charge in [0.1, 0.15) is 0 Å². The van der Waals surface area contributed by atoms with Crippen LogP contribution in [0.15, 0.2) is 46.4 Å². The van der Waals surface area contributed by atoms with Gasteiger partial charge in [0.2, 0.25) is 11.7 Å². The Balaban J connectivity index is 1.38. The Morgan fingerprint density at radius 1 is 1.21 bits per heavy atom. The SMILES string of the molecule is FC1(c2ccccn2)CCN(Cc2nc(-c3cccs3)no2)CC1.